The summed E-state index contributed by atoms with van der Waals surface area (Å²) in [6, 6.07) is 7.38. The normalized spacial score (nSPS) is 13.2. The molecule has 2 aromatic carbocycles. The van der Waals surface area contributed by atoms with Crippen molar-refractivity contribution < 1.29 is 28.4 Å². The Labute approximate surface area is 386 Å². The molecule has 2 fully saturated rings. The number of fused-ring (bicyclic) bond motifs is 2. The molecule has 2 aliphatic rings. The quantitative estimate of drug-likeness (QED) is 0.0946. The number of thiazole rings is 2. The first kappa shape index (κ1) is 44.8. The van der Waals surface area contributed by atoms with Crippen LogP contribution in [0.3, 0.4) is 0 Å². The van der Waals surface area contributed by atoms with Crippen LogP contribution in [0.2, 0.25) is 5.28 Å². The number of benzene rings is 2. The van der Waals surface area contributed by atoms with Crippen LogP contribution in [0.5, 0.6) is 34.5 Å². The van der Waals surface area contributed by atoms with Gasteiger partial charge in [0, 0.05) is 37.4 Å². The minimum absolute atomic E-state index is 0.142. The maximum atomic E-state index is 5.99. The molecule has 0 unspecified atom stereocenters. The molecule has 6 aromatic heterocycles. The summed E-state index contributed by atoms with van der Waals surface area (Å²) >= 11 is 8.89. The molecule has 3 N–H and O–H groups in total. The summed E-state index contributed by atoms with van der Waals surface area (Å²) in [6.45, 7) is 4.44. The van der Waals surface area contributed by atoms with Crippen LogP contribution in [-0.4, -0.2) is 118 Å². The Morgan fingerprint density at radius 2 is 1.03 bits per heavy atom. The highest BCUT2D eigenvalue weighted by Crippen LogP contribution is 2.41. The molecule has 23 heteroatoms. The minimum atomic E-state index is 0.142. The Balaban J connectivity index is 0.000000161. The molecular formula is C42H47ClN14O6S2. The molecule has 340 valence electrons. The lowest BCUT2D eigenvalue weighted by molar-refractivity contribution is 0.324. The second kappa shape index (κ2) is 20.8. The number of imidazole rings is 2. The summed E-state index contributed by atoms with van der Waals surface area (Å²) in [6.07, 6.45) is 12.1. The highest BCUT2D eigenvalue weighted by atomic mass is 35.5. The summed E-state index contributed by atoms with van der Waals surface area (Å²) in [5, 5.41) is 9.81. The number of aromatic nitrogens is 10. The van der Waals surface area contributed by atoms with E-state index in [1.807, 2.05) is 39.6 Å². The summed E-state index contributed by atoms with van der Waals surface area (Å²) in [7, 11) is 9.46. The Hall–Kier alpha value is -6.75. The minimum Gasteiger partial charge on any atom is -0.493 e. The van der Waals surface area contributed by atoms with Crippen molar-refractivity contribution in [3.63, 3.8) is 0 Å². The third-order valence-electron chi connectivity index (χ3n) is 10.3. The van der Waals surface area contributed by atoms with Gasteiger partial charge in [-0.15, -0.1) is 22.7 Å². The molecule has 0 radical (unpaired) electrons. The van der Waals surface area contributed by atoms with Crippen LogP contribution in [0.25, 0.3) is 32.1 Å². The van der Waals surface area contributed by atoms with E-state index in [-0.39, 0.29) is 5.28 Å². The van der Waals surface area contributed by atoms with Crippen molar-refractivity contribution in [1.82, 2.24) is 54.3 Å². The first-order chi connectivity index (χ1) is 31.8. The van der Waals surface area contributed by atoms with Crippen LogP contribution in [-0.2, 0) is 0 Å². The number of halogens is 1. The molecule has 0 spiro atoms. The van der Waals surface area contributed by atoms with Gasteiger partial charge in [-0.2, -0.15) is 15.0 Å². The van der Waals surface area contributed by atoms with Gasteiger partial charge >= 0.3 is 0 Å². The zero-order valence-corrected chi connectivity index (χ0v) is 38.9. The van der Waals surface area contributed by atoms with Gasteiger partial charge in [-0.25, -0.2) is 24.9 Å². The second-order valence-corrected chi connectivity index (χ2v) is 16.2. The summed E-state index contributed by atoms with van der Waals surface area (Å²) in [4.78, 5) is 39.2. The zero-order chi connectivity index (χ0) is 45.3. The lowest BCUT2D eigenvalue weighted by Gasteiger charge is -2.16. The number of hydrogen-bond donors (Lipinski definition) is 3. The smallest absolute Gasteiger partial charge is 0.228 e. The van der Waals surface area contributed by atoms with Gasteiger partial charge in [0.1, 0.15) is 35.3 Å². The third kappa shape index (κ3) is 10.1. The molecule has 65 heavy (non-hydrogen) atoms. The lowest BCUT2D eigenvalue weighted by atomic mass is 10.2. The number of rotatable bonds is 13. The number of methoxy groups -OCH3 is 6. The van der Waals surface area contributed by atoms with E-state index in [9.17, 15) is 0 Å². The Bertz CT molecular complexity index is 2800. The fourth-order valence-corrected chi connectivity index (χ4v) is 8.61. The predicted molar refractivity (Wildman–Crippen MR) is 252 cm³/mol. The summed E-state index contributed by atoms with van der Waals surface area (Å²) in [5.41, 5.74) is 6.45. The standard InChI is InChI=1S/C21H23N7O3S.C17H15ClN6O3S.C4H9N/c1-29-14-8-13(9-15(30-2)18(14)31-3)28-10-16(22-11-28)24-19-17-20(32-12-23-17)26-21(25-19)27-6-4-5-7-27;1-25-10-4-9(5-11(26-2)14(10)27-3)24-6-12(19-7-24)21-15-13-16(28-8-20-13)23-17(18)22-15;1-2-4-5-3-1/h8-12H,4-7H2,1-3H3,(H,24,25,26);4-8H,1-3H3,(H,21,22,23);5H,1-4H2. The fourth-order valence-electron chi connectivity index (χ4n) is 7.08. The Morgan fingerprint density at radius 3 is 1.46 bits per heavy atom. The van der Waals surface area contributed by atoms with Crippen LogP contribution < -0.4 is 49.3 Å². The van der Waals surface area contributed by atoms with E-state index in [1.165, 1.54) is 48.6 Å². The molecule has 8 aromatic rings. The van der Waals surface area contributed by atoms with E-state index in [0.29, 0.717) is 68.1 Å². The number of nitrogens with zero attached hydrogens (tertiary/aromatic N) is 11. The molecule has 2 aliphatic heterocycles. The Morgan fingerprint density at radius 1 is 0.569 bits per heavy atom. The van der Waals surface area contributed by atoms with Crippen LogP contribution in [0.1, 0.15) is 25.7 Å². The Kier molecular flexibility index (Phi) is 14.4. The SMILES string of the molecule is C1CCNC1.COc1cc(-n2cnc(Nc3nc(Cl)nc4scnc34)c2)cc(OC)c1OC.COc1cc(-n2cnc(Nc3nc(N4CCCC4)nc4scnc34)c2)cc(OC)c1OC. The molecule has 0 bridgehead atoms. The van der Waals surface area contributed by atoms with E-state index < -0.39 is 0 Å². The van der Waals surface area contributed by atoms with Gasteiger partial charge < -0.3 is 58.4 Å². The highest BCUT2D eigenvalue weighted by molar-refractivity contribution is 7.16. The molecule has 10 rings (SSSR count). The highest BCUT2D eigenvalue weighted by Gasteiger charge is 2.21. The van der Waals surface area contributed by atoms with Crippen molar-refractivity contribution in [2.75, 3.05) is 84.4 Å². The van der Waals surface area contributed by atoms with E-state index in [4.69, 9.17) is 50.0 Å². The van der Waals surface area contributed by atoms with Gasteiger partial charge in [0.25, 0.3) is 0 Å². The lowest BCUT2D eigenvalue weighted by Crippen LogP contribution is -2.20. The third-order valence-corrected chi connectivity index (χ3v) is 11.9. The van der Waals surface area contributed by atoms with Gasteiger partial charge in [-0.3, -0.25) is 0 Å². The van der Waals surface area contributed by atoms with E-state index >= 15 is 0 Å². The van der Waals surface area contributed by atoms with Crippen LogP contribution >= 0.6 is 34.3 Å². The molecule has 0 aliphatic carbocycles. The molecule has 20 nitrogen and oxygen atoms in total. The predicted octanol–water partition coefficient (Wildman–Crippen LogP) is 7.71. The molecule has 2 saturated heterocycles. The topological polar surface area (TPSA) is 208 Å². The molecule has 0 amide bonds. The van der Waals surface area contributed by atoms with E-state index in [2.05, 4.69) is 50.8 Å². The van der Waals surface area contributed by atoms with Gasteiger partial charge in [0.2, 0.25) is 22.7 Å². The van der Waals surface area contributed by atoms with Gasteiger partial charge in [-0.05, 0) is 50.4 Å². The van der Waals surface area contributed by atoms with Crippen LogP contribution in [0.15, 0.2) is 60.3 Å². The first-order valence-electron chi connectivity index (χ1n) is 20.4. The largest absolute Gasteiger partial charge is 0.493 e. The van der Waals surface area contributed by atoms with Gasteiger partial charge in [0.05, 0.1) is 77.4 Å². The maximum Gasteiger partial charge on any atom is 0.228 e. The van der Waals surface area contributed by atoms with Crippen molar-refractivity contribution in [3.8, 4) is 45.9 Å². The number of hydrogen-bond acceptors (Lipinski definition) is 20. The zero-order valence-electron chi connectivity index (χ0n) is 36.5. The molecule has 0 saturated carbocycles. The maximum absolute atomic E-state index is 5.99. The number of ether oxygens (including phenoxy) is 6. The van der Waals surface area contributed by atoms with Crippen molar-refractivity contribution in [3.05, 3.63) is 65.6 Å². The molecular weight excluding hydrogens is 896 g/mol. The van der Waals surface area contributed by atoms with E-state index in [1.54, 1.807) is 72.5 Å². The van der Waals surface area contributed by atoms with Crippen LogP contribution in [0.4, 0.5) is 29.2 Å². The van der Waals surface area contributed by atoms with Crippen LogP contribution in [0, 0.1) is 0 Å². The summed E-state index contributed by atoms with van der Waals surface area (Å²) in [5.74, 6) is 6.37. The van der Waals surface area contributed by atoms with Crippen molar-refractivity contribution in [2.45, 2.75) is 25.7 Å². The number of anilines is 5. The molecule has 8 heterocycles. The second-order valence-electron chi connectivity index (χ2n) is 14.2. The average Bonchev–Trinajstić information content (AvgIpc) is 4.19. The van der Waals surface area contributed by atoms with Crippen molar-refractivity contribution in [1.29, 1.82) is 0 Å². The summed E-state index contributed by atoms with van der Waals surface area (Å²) < 4.78 is 36.2. The van der Waals surface area contributed by atoms with Gasteiger partial charge in [-0.1, -0.05) is 0 Å². The average molecular weight is 944 g/mol. The molecule has 0 atom stereocenters. The fraction of sp³-hybridized carbons (Fsp3) is 0.333. The van der Waals surface area contributed by atoms with Crippen molar-refractivity contribution in [2.24, 2.45) is 0 Å². The van der Waals surface area contributed by atoms with Gasteiger partial charge in [0.15, 0.2) is 44.3 Å². The monoisotopic (exact) mass is 942 g/mol. The van der Waals surface area contributed by atoms with E-state index in [0.717, 1.165) is 53.6 Å². The van der Waals surface area contributed by atoms with Crippen molar-refractivity contribution >= 4 is 84.2 Å². The number of nitrogens with one attached hydrogen (secondary N) is 3. The first-order valence-corrected chi connectivity index (χ1v) is 22.5.